The Balaban J connectivity index is 2.52. The van der Waals surface area contributed by atoms with E-state index in [2.05, 4.69) is 20.9 Å². The zero-order chi connectivity index (χ0) is 18.2. The van der Waals surface area contributed by atoms with Crippen LogP contribution in [0.15, 0.2) is 57.5 Å². The van der Waals surface area contributed by atoms with Crippen LogP contribution in [0.5, 0.6) is 0 Å². The Kier molecular flexibility index (Phi) is 4.23. The molecule has 1 aromatic heterocycles. The van der Waals surface area contributed by atoms with Crippen LogP contribution in [0.25, 0.3) is 5.03 Å². The summed E-state index contributed by atoms with van der Waals surface area (Å²) in [5.74, 6) is 0. The summed E-state index contributed by atoms with van der Waals surface area (Å²) in [7, 11) is -8.88. The van der Waals surface area contributed by atoms with Crippen molar-refractivity contribution in [3.63, 3.8) is 0 Å². The average Bonchev–Trinajstić information content (AvgIpc) is 2.46. The number of nitro groups is 1. The summed E-state index contributed by atoms with van der Waals surface area (Å²) in [6.07, 6.45) is 0.821. The van der Waals surface area contributed by atoms with Gasteiger partial charge in [-0.15, -0.1) is 15.5 Å². The van der Waals surface area contributed by atoms with Crippen molar-refractivity contribution < 1.29 is 20.5 Å². The number of nitro benzene ring substituents is 1. The van der Waals surface area contributed by atoms with Crippen molar-refractivity contribution in [2.24, 2.45) is 0 Å². The third-order valence-corrected chi connectivity index (χ3v) is 5.58. The Morgan fingerprint density at radius 1 is 1.17 bits per heavy atom. The zero-order valence-corrected chi connectivity index (χ0v) is 14.7. The number of hydrogen-bond donors (Lipinski definition) is 0. The molecule has 0 saturated carbocycles. The van der Waals surface area contributed by atoms with Crippen LogP contribution in [-0.2, 0) is 0 Å². The van der Waals surface area contributed by atoms with Gasteiger partial charge in [0.2, 0.25) is 9.84 Å². The molecule has 0 amide bonds. The molecule has 24 heavy (non-hydrogen) atoms. The van der Waals surface area contributed by atoms with E-state index in [9.17, 15) is 25.7 Å². The highest BCUT2D eigenvalue weighted by atomic mass is 79.9. The maximum Gasteiger partial charge on any atom is 0.269 e. The molecule has 2 rings (SSSR count). The third-order valence-electron chi connectivity index (χ3n) is 2.83. The lowest BCUT2D eigenvalue weighted by Crippen LogP contribution is -2.12. The predicted octanol–water partition coefficient (Wildman–Crippen LogP) is 6.76. The molecule has 1 aromatic carbocycles. The molecule has 0 radical (unpaired) electrons. The first-order valence-electron chi connectivity index (χ1n) is 6.06. The van der Waals surface area contributed by atoms with E-state index in [4.69, 9.17) is 11.6 Å². The molecule has 0 spiro atoms. The lowest BCUT2D eigenvalue weighted by molar-refractivity contribution is -0.384. The zero-order valence-electron chi connectivity index (χ0n) is 11.5. The normalized spacial score (nSPS) is 15.5. The van der Waals surface area contributed by atoms with Crippen LogP contribution in [0.3, 0.4) is 0 Å². The molecule has 1 heterocycles. The van der Waals surface area contributed by atoms with Crippen LogP contribution in [0.2, 0.25) is 0 Å². The quantitative estimate of drug-likeness (QED) is 0.295. The molecule has 4 nitrogen and oxygen atoms in total. The molecular weight excluding hydrogens is 440 g/mol. The highest BCUT2D eigenvalue weighted by Crippen LogP contribution is 3.01. The molecule has 11 heteroatoms. The largest absolute Gasteiger partial charge is 0.269 e. The van der Waals surface area contributed by atoms with Crippen molar-refractivity contribution in [3.05, 3.63) is 68.2 Å². The molecule has 2 aromatic rings. The molecule has 0 saturated heterocycles. The SMILES string of the molecule is O=[N+]([O-])c1ccc(C(Cl)=CS(F)(F)(F)(F)c2ccc(Br)cn2)cc1. The molecule has 0 fully saturated rings. The maximum absolute atomic E-state index is 14.2. The lowest BCUT2D eigenvalue weighted by Gasteiger charge is -2.46. The van der Waals surface area contributed by atoms with Crippen molar-refractivity contribution in [1.82, 2.24) is 4.98 Å². The van der Waals surface area contributed by atoms with Gasteiger partial charge in [-0.3, -0.25) is 10.1 Å². The van der Waals surface area contributed by atoms with Gasteiger partial charge in [0.1, 0.15) is 0 Å². The van der Waals surface area contributed by atoms with E-state index in [-0.39, 0.29) is 15.7 Å². The fraction of sp³-hybridized carbons (Fsp3) is 0. The van der Waals surface area contributed by atoms with Crippen LogP contribution < -0.4 is 0 Å². The van der Waals surface area contributed by atoms with Crippen LogP contribution in [0.4, 0.5) is 21.2 Å². The number of aromatic nitrogens is 1. The van der Waals surface area contributed by atoms with Gasteiger partial charge in [0.15, 0.2) is 5.03 Å². The fourth-order valence-electron chi connectivity index (χ4n) is 1.69. The van der Waals surface area contributed by atoms with Gasteiger partial charge in [0, 0.05) is 22.8 Å². The summed E-state index contributed by atoms with van der Waals surface area (Å²) in [5.41, 5.74) is -0.542. The lowest BCUT2D eigenvalue weighted by atomic mass is 10.2. The third kappa shape index (κ3) is 4.05. The van der Waals surface area contributed by atoms with E-state index >= 15 is 0 Å². The monoisotopic (exact) mass is 446 g/mol. The number of halogens is 6. The second-order valence-corrected chi connectivity index (χ2v) is 8.96. The summed E-state index contributed by atoms with van der Waals surface area (Å²) in [5, 5.41) is 7.29. The van der Waals surface area contributed by atoms with Gasteiger partial charge in [-0.25, -0.2) is 4.98 Å². The van der Waals surface area contributed by atoms with E-state index in [0.29, 0.717) is 6.07 Å². The molecule has 0 aliphatic heterocycles. The highest BCUT2D eigenvalue weighted by Gasteiger charge is 2.64. The summed E-state index contributed by atoms with van der Waals surface area (Å²) in [4.78, 5) is 12.9. The van der Waals surface area contributed by atoms with E-state index in [1.807, 2.05) is 0 Å². The second kappa shape index (κ2) is 5.43. The summed E-state index contributed by atoms with van der Waals surface area (Å²) >= 11 is 8.52. The van der Waals surface area contributed by atoms with Gasteiger partial charge >= 0.3 is 0 Å². The Morgan fingerprint density at radius 3 is 2.21 bits per heavy atom. The Labute approximate surface area is 146 Å². The Bertz CT molecular complexity index is 838. The minimum atomic E-state index is -8.88. The van der Waals surface area contributed by atoms with Gasteiger partial charge in [0.05, 0.1) is 15.4 Å². The summed E-state index contributed by atoms with van der Waals surface area (Å²) in [6, 6.07) is 5.45. The molecule has 0 aliphatic carbocycles. The first-order chi connectivity index (χ1) is 10.8. The van der Waals surface area contributed by atoms with E-state index in [1.165, 1.54) is 0 Å². The topological polar surface area (TPSA) is 56.0 Å². The highest BCUT2D eigenvalue weighted by molar-refractivity contribution is 9.10. The van der Waals surface area contributed by atoms with Gasteiger partial charge in [-0.1, -0.05) is 11.6 Å². The molecular formula is C13H8BrClF4N2O2S. The van der Waals surface area contributed by atoms with Crippen molar-refractivity contribution in [2.75, 3.05) is 0 Å². The van der Waals surface area contributed by atoms with Gasteiger partial charge < -0.3 is 0 Å². The van der Waals surface area contributed by atoms with E-state index in [0.717, 1.165) is 36.5 Å². The average molecular weight is 448 g/mol. The predicted molar refractivity (Wildman–Crippen MR) is 89.2 cm³/mol. The maximum atomic E-state index is 14.2. The number of nitrogens with zero attached hydrogens (tertiary/aromatic N) is 2. The van der Waals surface area contributed by atoms with Crippen molar-refractivity contribution in [1.29, 1.82) is 0 Å². The minimum Gasteiger partial charge on any atom is -0.258 e. The Morgan fingerprint density at radius 2 is 1.75 bits per heavy atom. The summed E-state index contributed by atoms with van der Waals surface area (Å²) in [6.45, 7) is 0. The van der Waals surface area contributed by atoms with Crippen molar-refractivity contribution in [3.8, 4) is 0 Å². The van der Waals surface area contributed by atoms with Crippen LogP contribution in [0, 0.1) is 10.1 Å². The first-order valence-corrected chi connectivity index (χ1v) is 9.35. The van der Waals surface area contributed by atoms with Gasteiger partial charge in [-0.2, -0.15) is 0 Å². The number of rotatable bonds is 4. The number of benzene rings is 1. The standard InChI is InChI=1S/C13H8BrClF4N2O2S/c14-10-3-6-13(20-7-10)24(16,17,18,19)8-12(15)9-1-4-11(5-2-9)21(22)23/h1-8H. The Hall–Kier alpha value is -1.65. The van der Waals surface area contributed by atoms with Crippen LogP contribution in [0.1, 0.15) is 5.56 Å². The van der Waals surface area contributed by atoms with E-state index in [1.54, 1.807) is 0 Å². The summed E-state index contributed by atoms with van der Waals surface area (Å²) < 4.78 is 57.2. The molecule has 0 N–H and O–H groups in total. The fourth-order valence-corrected chi connectivity index (χ4v) is 3.89. The van der Waals surface area contributed by atoms with E-state index < -0.39 is 30.2 Å². The van der Waals surface area contributed by atoms with Crippen molar-refractivity contribution >= 4 is 48.1 Å². The molecule has 0 aliphatic rings. The van der Waals surface area contributed by atoms with Crippen LogP contribution in [-0.4, -0.2) is 9.91 Å². The number of non-ortho nitro benzene ring substituents is 1. The first kappa shape index (κ1) is 18.7. The molecule has 0 unspecified atom stereocenters. The second-order valence-electron chi connectivity index (χ2n) is 4.72. The number of hydrogen-bond acceptors (Lipinski definition) is 3. The minimum absolute atomic E-state index is 0.213. The van der Waals surface area contributed by atoms with Crippen LogP contribution >= 0.6 is 37.4 Å². The molecule has 130 valence electrons. The van der Waals surface area contributed by atoms with Crippen molar-refractivity contribution in [2.45, 2.75) is 5.03 Å². The van der Waals surface area contributed by atoms with Gasteiger partial charge in [-0.05, 0) is 45.8 Å². The molecule has 0 bridgehead atoms. The number of pyridine rings is 1. The molecule has 0 atom stereocenters. The smallest absolute Gasteiger partial charge is 0.258 e. The van der Waals surface area contributed by atoms with Gasteiger partial charge in [0.25, 0.3) is 5.69 Å².